The molecule has 0 spiro atoms. The fourth-order valence-corrected chi connectivity index (χ4v) is 4.93. The number of rotatable bonds is 7. The van der Waals surface area contributed by atoms with E-state index in [0.29, 0.717) is 22.3 Å². The van der Waals surface area contributed by atoms with Gasteiger partial charge in [0, 0.05) is 22.7 Å². The Labute approximate surface area is 208 Å². The summed E-state index contributed by atoms with van der Waals surface area (Å²) in [5, 5.41) is 0.722. The Morgan fingerprint density at radius 1 is 0.833 bits per heavy atom. The van der Waals surface area contributed by atoms with Gasteiger partial charge in [-0.25, -0.2) is 13.4 Å². The zero-order chi connectivity index (χ0) is 25.1. The molecule has 0 saturated heterocycles. The van der Waals surface area contributed by atoms with Gasteiger partial charge in [-0.3, -0.25) is 9.52 Å². The number of nitrogens with one attached hydrogen (secondary N) is 2. The molecule has 0 unspecified atom stereocenters. The second kappa shape index (κ2) is 9.52. The Bertz CT molecular complexity index is 1680. The maximum Gasteiger partial charge on any atom is 0.263 e. The van der Waals surface area contributed by atoms with E-state index < -0.39 is 15.9 Å². The van der Waals surface area contributed by atoms with Crippen LogP contribution >= 0.6 is 0 Å². The molecule has 4 N–H and O–H groups in total. The standard InChI is InChI=1S/C28H22N4O3S/c29-27(33)25(21-9-5-2-6-10-21)17-22-18-30-28-24(22)15-16-26(31-28)32-36(34,35)23-13-11-20(12-14-23)19-7-3-1-4-8-19/h1-18H,(H2,29,33)(H2,30,31,32). The molecule has 178 valence electrons. The number of hydrogen-bond donors (Lipinski definition) is 3. The molecular formula is C28H22N4O3S. The first-order valence-corrected chi connectivity index (χ1v) is 12.6. The monoisotopic (exact) mass is 494 g/mol. The maximum absolute atomic E-state index is 12.9. The van der Waals surface area contributed by atoms with Crippen LogP contribution in [0.4, 0.5) is 5.82 Å². The second-order valence-electron chi connectivity index (χ2n) is 8.12. The number of pyridine rings is 1. The molecule has 1 amide bonds. The Balaban J connectivity index is 1.40. The van der Waals surface area contributed by atoms with Gasteiger partial charge in [-0.1, -0.05) is 72.8 Å². The number of nitrogens with zero attached hydrogens (tertiary/aromatic N) is 1. The highest BCUT2D eigenvalue weighted by atomic mass is 32.2. The van der Waals surface area contributed by atoms with E-state index in [-0.39, 0.29) is 10.7 Å². The predicted molar refractivity (Wildman–Crippen MR) is 142 cm³/mol. The highest BCUT2D eigenvalue weighted by molar-refractivity contribution is 7.92. The SMILES string of the molecule is NC(=O)C(=Cc1c[nH]c2nc(NS(=O)(=O)c3ccc(-c4ccccc4)cc3)ccc12)c1ccccc1. The number of carbonyl (C=O) groups excluding carboxylic acids is 1. The molecule has 0 aliphatic heterocycles. The average Bonchev–Trinajstić information content (AvgIpc) is 3.30. The van der Waals surface area contributed by atoms with E-state index in [1.165, 1.54) is 0 Å². The largest absolute Gasteiger partial charge is 0.366 e. The van der Waals surface area contributed by atoms with Crippen molar-refractivity contribution in [2.24, 2.45) is 5.73 Å². The molecule has 0 aliphatic rings. The fourth-order valence-electron chi connectivity index (χ4n) is 3.93. The Morgan fingerprint density at radius 3 is 2.14 bits per heavy atom. The first-order chi connectivity index (χ1) is 17.4. The van der Waals surface area contributed by atoms with Crippen molar-refractivity contribution in [1.82, 2.24) is 9.97 Å². The molecule has 0 saturated carbocycles. The highest BCUT2D eigenvalue weighted by Gasteiger charge is 2.16. The van der Waals surface area contributed by atoms with Gasteiger partial charge in [-0.15, -0.1) is 0 Å². The third kappa shape index (κ3) is 4.75. The number of H-pyrrole nitrogens is 1. The van der Waals surface area contributed by atoms with Gasteiger partial charge >= 0.3 is 0 Å². The van der Waals surface area contributed by atoms with E-state index in [9.17, 15) is 13.2 Å². The van der Waals surface area contributed by atoms with Crippen LogP contribution < -0.4 is 10.5 Å². The number of aromatic amines is 1. The minimum atomic E-state index is -3.84. The Kier molecular flexibility index (Phi) is 6.10. The van der Waals surface area contributed by atoms with Gasteiger partial charge in [0.05, 0.1) is 4.90 Å². The molecule has 0 radical (unpaired) electrons. The van der Waals surface area contributed by atoms with Crippen molar-refractivity contribution in [3.8, 4) is 11.1 Å². The van der Waals surface area contributed by atoms with Crippen molar-refractivity contribution in [3.63, 3.8) is 0 Å². The smallest absolute Gasteiger partial charge is 0.263 e. The number of aromatic nitrogens is 2. The van der Waals surface area contributed by atoms with Crippen LogP contribution in [0.3, 0.4) is 0 Å². The van der Waals surface area contributed by atoms with Crippen LogP contribution in [0.1, 0.15) is 11.1 Å². The van der Waals surface area contributed by atoms with E-state index in [4.69, 9.17) is 5.73 Å². The van der Waals surface area contributed by atoms with Crippen molar-refractivity contribution in [3.05, 3.63) is 114 Å². The van der Waals surface area contributed by atoms with Gasteiger partial charge < -0.3 is 10.7 Å². The van der Waals surface area contributed by atoms with Crippen molar-refractivity contribution in [2.75, 3.05) is 4.72 Å². The summed E-state index contributed by atoms with van der Waals surface area (Å²) < 4.78 is 28.4. The first kappa shape index (κ1) is 23.1. The quantitative estimate of drug-likeness (QED) is 0.274. The summed E-state index contributed by atoms with van der Waals surface area (Å²) in [6.07, 6.45) is 3.39. The zero-order valence-electron chi connectivity index (χ0n) is 19.0. The number of amides is 1. The molecule has 0 fully saturated rings. The lowest BCUT2D eigenvalue weighted by Crippen LogP contribution is -2.13. The van der Waals surface area contributed by atoms with Crippen LogP contribution in [0.15, 0.2) is 108 Å². The van der Waals surface area contributed by atoms with Crippen LogP contribution in [-0.2, 0) is 14.8 Å². The second-order valence-corrected chi connectivity index (χ2v) is 9.80. The van der Waals surface area contributed by atoms with Crippen molar-refractivity contribution in [2.45, 2.75) is 4.90 Å². The van der Waals surface area contributed by atoms with Gasteiger partial charge in [-0.2, -0.15) is 0 Å². The summed E-state index contributed by atoms with van der Waals surface area (Å²) in [5.74, 6) is -0.378. The number of nitrogens with two attached hydrogens (primary N) is 1. The number of hydrogen-bond acceptors (Lipinski definition) is 4. The summed E-state index contributed by atoms with van der Waals surface area (Å²) >= 11 is 0. The lowest BCUT2D eigenvalue weighted by Gasteiger charge is -2.09. The van der Waals surface area contributed by atoms with Gasteiger partial charge in [0.2, 0.25) is 5.91 Å². The summed E-state index contributed by atoms with van der Waals surface area (Å²) in [5.41, 5.74) is 9.78. The third-order valence-electron chi connectivity index (χ3n) is 5.73. The number of carbonyl (C=O) groups is 1. The molecule has 2 aromatic heterocycles. The first-order valence-electron chi connectivity index (χ1n) is 11.1. The minimum absolute atomic E-state index is 0.133. The van der Waals surface area contributed by atoms with E-state index >= 15 is 0 Å². The highest BCUT2D eigenvalue weighted by Crippen LogP contribution is 2.26. The molecule has 0 atom stereocenters. The molecule has 8 heteroatoms. The topological polar surface area (TPSA) is 118 Å². The van der Waals surface area contributed by atoms with Crippen molar-refractivity contribution >= 4 is 44.4 Å². The van der Waals surface area contributed by atoms with E-state index in [0.717, 1.165) is 16.5 Å². The van der Waals surface area contributed by atoms with Crippen LogP contribution in [0, 0.1) is 0 Å². The minimum Gasteiger partial charge on any atom is -0.366 e. The molecule has 5 rings (SSSR count). The Morgan fingerprint density at radius 2 is 1.47 bits per heavy atom. The third-order valence-corrected chi connectivity index (χ3v) is 7.10. The summed E-state index contributed by atoms with van der Waals surface area (Å²) in [6, 6.07) is 28.9. The number of primary amides is 1. The molecular weight excluding hydrogens is 472 g/mol. The molecule has 36 heavy (non-hydrogen) atoms. The van der Waals surface area contributed by atoms with E-state index in [2.05, 4.69) is 14.7 Å². The number of sulfonamides is 1. The average molecular weight is 495 g/mol. The number of anilines is 1. The summed E-state index contributed by atoms with van der Waals surface area (Å²) in [7, 11) is -3.84. The van der Waals surface area contributed by atoms with Crippen molar-refractivity contribution in [1.29, 1.82) is 0 Å². The van der Waals surface area contributed by atoms with Crippen LogP contribution in [0.2, 0.25) is 0 Å². The molecule has 0 bridgehead atoms. The fraction of sp³-hybridized carbons (Fsp3) is 0. The molecule has 2 heterocycles. The van der Waals surface area contributed by atoms with Crippen LogP contribution in [0.5, 0.6) is 0 Å². The van der Waals surface area contributed by atoms with E-state index in [1.807, 2.05) is 60.7 Å². The number of benzene rings is 3. The lowest BCUT2D eigenvalue weighted by molar-refractivity contribution is -0.112. The van der Waals surface area contributed by atoms with E-state index in [1.54, 1.807) is 48.7 Å². The molecule has 7 nitrogen and oxygen atoms in total. The summed E-state index contributed by atoms with van der Waals surface area (Å²) in [6.45, 7) is 0. The van der Waals surface area contributed by atoms with Gasteiger partial charge in [0.25, 0.3) is 10.0 Å². The molecule has 3 aromatic carbocycles. The Hall–Kier alpha value is -4.69. The molecule has 0 aliphatic carbocycles. The summed E-state index contributed by atoms with van der Waals surface area (Å²) in [4.78, 5) is 19.6. The zero-order valence-corrected chi connectivity index (χ0v) is 19.9. The van der Waals surface area contributed by atoms with Gasteiger partial charge in [0.1, 0.15) is 11.5 Å². The van der Waals surface area contributed by atoms with Gasteiger partial charge in [-0.05, 0) is 47.0 Å². The van der Waals surface area contributed by atoms with Crippen LogP contribution in [-0.4, -0.2) is 24.3 Å². The maximum atomic E-state index is 12.9. The lowest BCUT2D eigenvalue weighted by atomic mass is 10.0. The van der Waals surface area contributed by atoms with Crippen LogP contribution in [0.25, 0.3) is 33.8 Å². The molecule has 5 aromatic rings. The predicted octanol–water partition coefficient (Wildman–Crippen LogP) is 5.06. The van der Waals surface area contributed by atoms with Crippen molar-refractivity contribution < 1.29 is 13.2 Å². The van der Waals surface area contributed by atoms with Gasteiger partial charge in [0.15, 0.2) is 0 Å². The number of fused-ring (bicyclic) bond motifs is 1. The normalized spacial score (nSPS) is 11.9.